The monoisotopic (exact) mass is 250 g/mol. The summed E-state index contributed by atoms with van der Waals surface area (Å²) in [5, 5.41) is 6.43. The van der Waals surface area contributed by atoms with Crippen molar-refractivity contribution in [1.82, 2.24) is 9.78 Å². The molecule has 1 heterocycles. The summed E-state index contributed by atoms with van der Waals surface area (Å²) in [5.74, 6) is 0.00820. The van der Waals surface area contributed by atoms with Crippen molar-refractivity contribution in [2.24, 2.45) is 7.05 Å². The second-order valence-corrected chi connectivity index (χ2v) is 4.69. The van der Waals surface area contributed by atoms with Crippen molar-refractivity contribution in [3.63, 3.8) is 0 Å². The van der Waals surface area contributed by atoms with Crippen LogP contribution in [0.1, 0.15) is 21.7 Å². The summed E-state index contributed by atoms with van der Waals surface area (Å²) in [6, 6.07) is 15.6. The molecule has 0 bridgehead atoms. The molecule has 3 nitrogen and oxygen atoms in total. The van der Waals surface area contributed by atoms with Crippen LogP contribution in [-0.2, 0) is 7.05 Å². The molecule has 3 aromatic rings. The summed E-state index contributed by atoms with van der Waals surface area (Å²) in [7, 11) is 1.79. The zero-order chi connectivity index (χ0) is 13.4. The van der Waals surface area contributed by atoms with Crippen LogP contribution >= 0.6 is 0 Å². The normalized spacial score (nSPS) is 10.8. The lowest BCUT2D eigenvalue weighted by Crippen LogP contribution is -2.08. The minimum Gasteiger partial charge on any atom is -0.287 e. The van der Waals surface area contributed by atoms with Crippen LogP contribution in [0.3, 0.4) is 0 Å². The first-order chi connectivity index (χ1) is 9.15. The van der Waals surface area contributed by atoms with Crippen molar-refractivity contribution in [2.75, 3.05) is 0 Å². The number of rotatable bonds is 2. The fraction of sp³-hybridized carbons (Fsp3) is 0.125. The van der Waals surface area contributed by atoms with Crippen LogP contribution in [-0.4, -0.2) is 15.6 Å². The Morgan fingerprint density at radius 3 is 2.47 bits per heavy atom. The van der Waals surface area contributed by atoms with Gasteiger partial charge in [0.25, 0.3) is 0 Å². The zero-order valence-electron chi connectivity index (χ0n) is 10.9. The average Bonchev–Trinajstić information content (AvgIpc) is 2.76. The first-order valence-electron chi connectivity index (χ1n) is 6.19. The summed E-state index contributed by atoms with van der Waals surface area (Å²) in [6.45, 7) is 1.89. The van der Waals surface area contributed by atoms with Gasteiger partial charge in [0.05, 0.1) is 5.69 Å². The van der Waals surface area contributed by atoms with E-state index in [4.69, 9.17) is 0 Å². The van der Waals surface area contributed by atoms with E-state index in [2.05, 4.69) is 5.10 Å². The van der Waals surface area contributed by atoms with E-state index in [-0.39, 0.29) is 5.78 Å². The number of hydrogen-bond acceptors (Lipinski definition) is 2. The van der Waals surface area contributed by atoms with E-state index in [9.17, 15) is 4.79 Å². The first-order valence-corrected chi connectivity index (χ1v) is 6.19. The maximum Gasteiger partial charge on any atom is 0.211 e. The van der Waals surface area contributed by atoms with Crippen molar-refractivity contribution in [2.45, 2.75) is 6.92 Å². The fourth-order valence-corrected chi connectivity index (χ4v) is 2.30. The molecule has 0 saturated heterocycles. The Bertz CT molecular complexity index is 771. The van der Waals surface area contributed by atoms with E-state index >= 15 is 0 Å². The Hall–Kier alpha value is -2.42. The van der Waals surface area contributed by atoms with E-state index in [1.165, 1.54) is 0 Å². The molecule has 2 aromatic carbocycles. The molecule has 0 atom stereocenters. The van der Waals surface area contributed by atoms with Gasteiger partial charge in [-0.15, -0.1) is 0 Å². The molecule has 94 valence electrons. The third kappa shape index (κ3) is 2.03. The molecule has 0 aliphatic carbocycles. The van der Waals surface area contributed by atoms with E-state index in [0.29, 0.717) is 11.3 Å². The van der Waals surface area contributed by atoms with Gasteiger partial charge in [-0.25, -0.2) is 0 Å². The summed E-state index contributed by atoms with van der Waals surface area (Å²) in [4.78, 5) is 12.5. The van der Waals surface area contributed by atoms with Crippen LogP contribution < -0.4 is 0 Å². The number of ketones is 1. The van der Waals surface area contributed by atoms with Gasteiger partial charge in [-0.2, -0.15) is 5.10 Å². The highest BCUT2D eigenvalue weighted by molar-refractivity contribution is 6.09. The van der Waals surface area contributed by atoms with Crippen molar-refractivity contribution in [1.29, 1.82) is 0 Å². The first kappa shape index (κ1) is 11.7. The highest BCUT2D eigenvalue weighted by atomic mass is 16.1. The molecule has 19 heavy (non-hydrogen) atoms. The molecular weight excluding hydrogens is 236 g/mol. The van der Waals surface area contributed by atoms with Crippen molar-refractivity contribution in [3.8, 4) is 0 Å². The van der Waals surface area contributed by atoms with Crippen molar-refractivity contribution in [3.05, 3.63) is 65.5 Å². The quantitative estimate of drug-likeness (QED) is 0.655. The van der Waals surface area contributed by atoms with E-state index in [1.54, 1.807) is 11.7 Å². The van der Waals surface area contributed by atoms with E-state index in [1.807, 2.05) is 55.5 Å². The zero-order valence-corrected chi connectivity index (χ0v) is 10.9. The number of carbonyl (C=O) groups is 1. The Labute approximate surface area is 111 Å². The predicted molar refractivity (Wildman–Crippen MR) is 75.3 cm³/mol. The SMILES string of the molecule is Cc1cc(C(=O)c2ccc3ccccc3c2)n(C)n1. The van der Waals surface area contributed by atoms with Gasteiger partial charge in [0.2, 0.25) is 5.78 Å². The Balaban J connectivity index is 2.09. The molecule has 0 amide bonds. The molecule has 1 aromatic heterocycles. The average molecular weight is 250 g/mol. The van der Waals surface area contributed by atoms with Crippen LogP contribution in [0.5, 0.6) is 0 Å². The standard InChI is InChI=1S/C16H14N2O/c1-11-9-15(18(2)17-11)16(19)14-8-7-12-5-3-4-6-13(12)10-14/h3-10H,1-2H3. The minimum atomic E-state index is 0.00820. The van der Waals surface area contributed by atoms with Crippen LogP contribution in [0.15, 0.2) is 48.5 Å². The molecule has 0 saturated carbocycles. The van der Waals surface area contributed by atoms with Crippen LogP contribution in [0.25, 0.3) is 10.8 Å². The lowest BCUT2D eigenvalue weighted by atomic mass is 10.0. The molecule has 0 N–H and O–H groups in total. The lowest BCUT2D eigenvalue weighted by Gasteiger charge is -2.03. The number of aryl methyl sites for hydroxylation is 2. The summed E-state index contributed by atoms with van der Waals surface area (Å²) < 4.78 is 1.63. The van der Waals surface area contributed by atoms with E-state index < -0.39 is 0 Å². The van der Waals surface area contributed by atoms with E-state index in [0.717, 1.165) is 16.5 Å². The van der Waals surface area contributed by atoms with Gasteiger partial charge >= 0.3 is 0 Å². The highest BCUT2D eigenvalue weighted by Gasteiger charge is 2.14. The minimum absolute atomic E-state index is 0.00820. The van der Waals surface area contributed by atoms with Gasteiger partial charge in [-0.3, -0.25) is 9.48 Å². The molecule has 0 fully saturated rings. The summed E-state index contributed by atoms with van der Waals surface area (Å²) in [5.41, 5.74) is 2.17. The third-order valence-corrected chi connectivity index (χ3v) is 3.25. The maximum atomic E-state index is 12.5. The number of nitrogens with zero attached hydrogens (tertiary/aromatic N) is 2. The number of fused-ring (bicyclic) bond motifs is 1. The molecule has 3 rings (SSSR count). The van der Waals surface area contributed by atoms with Crippen molar-refractivity contribution < 1.29 is 4.79 Å². The van der Waals surface area contributed by atoms with Crippen LogP contribution in [0.4, 0.5) is 0 Å². The Morgan fingerprint density at radius 1 is 1.05 bits per heavy atom. The predicted octanol–water partition coefficient (Wildman–Crippen LogP) is 3.11. The molecule has 0 radical (unpaired) electrons. The topological polar surface area (TPSA) is 34.9 Å². The molecule has 0 aliphatic heterocycles. The number of benzene rings is 2. The fourth-order valence-electron chi connectivity index (χ4n) is 2.30. The van der Waals surface area contributed by atoms with Gasteiger partial charge < -0.3 is 0 Å². The highest BCUT2D eigenvalue weighted by Crippen LogP contribution is 2.18. The van der Waals surface area contributed by atoms with Gasteiger partial charge in [0, 0.05) is 12.6 Å². The van der Waals surface area contributed by atoms with Gasteiger partial charge in [-0.1, -0.05) is 36.4 Å². The van der Waals surface area contributed by atoms with Gasteiger partial charge in [0.15, 0.2) is 0 Å². The molecular formula is C16H14N2O. The van der Waals surface area contributed by atoms with Crippen molar-refractivity contribution >= 4 is 16.6 Å². The summed E-state index contributed by atoms with van der Waals surface area (Å²) in [6.07, 6.45) is 0. The second-order valence-electron chi connectivity index (χ2n) is 4.69. The van der Waals surface area contributed by atoms with Crippen LogP contribution in [0, 0.1) is 6.92 Å². The lowest BCUT2D eigenvalue weighted by molar-refractivity contribution is 0.103. The number of hydrogen-bond donors (Lipinski definition) is 0. The molecule has 3 heteroatoms. The Kier molecular flexibility index (Phi) is 2.67. The Morgan fingerprint density at radius 2 is 1.79 bits per heavy atom. The number of aromatic nitrogens is 2. The number of carbonyl (C=O) groups excluding carboxylic acids is 1. The maximum absolute atomic E-state index is 12.5. The third-order valence-electron chi connectivity index (χ3n) is 3.25. The van der Waals surface area contributed by atoms with Gasteiger partial charge in [-0.05, 0) is 29.8 Å². The molecule has 0 spiro atoms. The molecule has 0 aliphatic rings. The van der Waals surface area contributed by atoms with Crippen LogP contribution in [0.2, 0.25) is 0 Å². The smallest absolute Gasteiger partial charge is 0.211 e. The molecule has 0 unspecified atom stereocenters. The van der Waals surface area contributed by atoms with Gasteiger partial charge in [0.1, 0.15) is 5.69 Å². The second kappa shape index (κ2) is 4.35. The largest absolute Gasteiger partial charge is 0.287 e. The summed E-state index contributed by atoms with van der Waals surface area (Å²) >= 11 is 0.